The molecule has 0 aliphatic carbocycles. The molecule has 0 aromatic heterocycles. The van der Waals surface area contributed by atoms with Crippen molar-refractivity contribution in [3.05, 3.63) is 12.2 Å². The van der Waals surface area contributed by atoms with Gasteiger partial charge in [-0.2, -0.15) is 0 Å². The molecular formula is C11H17NO4. The molecule has 0 fully saturated rings. The van der Waals surface area contributed by atoms with Crippen LogP contribution in [-0.2, 0) is 19.1 Å². The average Bonchev–Trinajstić information content (AvgIpc) is 2.12. The summed E-state index contributed by atoms with van der Waals surface area (Å²) in [5, 5.41) is 2.13. The van der Waals surface area contributed by atoms with E-state index in [0.29, 0.717) is 0 Å². The minimum absolute atomic E-state index is 0.204. The number of hydrogen-bond donors (Lipinski definition) is 1. The molecule has 0 aromatic rings. The zero-order valence-electron chi connectivity index (χ0n) is 10.0. The van der Waals surface area contributed by atoms with E-state index in [1.165, 1.54) is 6.92 Å². The first-order valence-corrected chi connectivity index (χ1v) is 4.81. The van der Waals surface area contributed by atoms with E-state index in [0.717, 1.165) is 0 Å². The van der Waals surface area contributed by atoms with Crippen LogP contribution in [0.15, 0.2) is 12.2 Å². The minimum atomic E-state index is -0.659. The first-order chi connectivity index (χ1) is 7.14. The second-order valence-corrected chi connectivity index (χ2v) is 4.48. The lowest BCUT2D eigenvalue weighted by Gasteiger charge is -2.16. The van der Waals surface area contributed by atoms with Gasteiger partial charge in [-0.25, -0.2) is 4.79 Å². The topological polar surface area (TPSA) is 72.5 Å². The Morgan fingerprint density at radius 1 is 1.25 bits per heavy atom. The van der Waals surface area contributed by atoms with Crippen molar-refractivity contribution in [2.24, 2.45) is 5.41 Å². The van der Waals surface area contributed by atoms with Crippen LogP contribution in [0.2, 0.25) is 0 Å². The summed E-state index contributed by atoms with van der Waals surface area (Å²) < 4.78 is 4.58. The van der Waals surface area contributed by atoms with Gasteiger partial charge in [0.05, 0.1) is 0 Å². The molecule has 0 rings (SSSR count). The summed E-state index contributed by atoms with van der Waals surface area (Å²) in [5.74, 6) is -1.71. The fourth-order valence-corrected chi connectivity index (χ4v) is 0.605. The molecular weight excluding hydrogens is 210 g/mol. The lowest BCUT2D eigenvalue weighted by atomic mass is 9.96. The Kier molecular flexibility index (Phi) is 4.88. The number of hydrogen-bond acceptors (Lipinski definition) is 4. The first kappa shape index (κ1) is 14.3. The van der Waals surface area contributed by atoms with Gasteiger partial charge in [0.1, 0.15) is 0 Å². The Morgan fingerprint density at radius 2 is 1.75 bits per heavy atom. The van der Waals surface area contributed by atoms with Gasteiger partial charge < -0.3 is 4.74 Å². The van der Waals surface area contributed by atoms with Crippen LogP contribution in [0.4, 0.5) is 0 Å². The molecule has 0 aliphatic rings. The molecule has 90 valence electrons. The third kappa shape index (κ3) is 5.29. The number of amides is 2. The number of rotatable bonds is 3. The Labute approximate surface area is 94.8 Å². The predicted octanol–water partition coefficient (Wildman–Crippen LogP) is 0.795. The smallest absolute Gasteiger partial charge is 0.333 e. The lowest BCUT2D eigenvalue weighted by Crippen LogP contribution is -2.41. The molecule has 0 aliphatic heterocycles. The van der Waals surface area contributed by atoms with Crippen LogP contribution in [0, 0.1) is 5.41 Å². The zero-order valence-corrected chi connectivity index (χ0v) is 10.0. The van der Waals surface area contributed by atoms with Gasteiger partial charge in [-0.05, 0) is 6.92 Å². The number of carbonyl (C=O) groups excluding carboxylic acids is 3. The van der Waals surface area contributed by atoms with E-state index in [1.54, 1.807) is 20.8 Å². The molecule has 0 heterocycles. The van der Waals surface area contributed by atoms with Gasteiger partial charge in [0.15, 0.2) is 6.61 Å². The molecule has 0 atom stereocenters. The maximum Gasteiger partial charge on any atom is 0.333 e. The Hall–Kier alpha value is -1.65. The highest BCUT2D eigenvalue weighted by atomic mass is 16.5. The highest BCUT2D eigenvalue weighted by molar-refractivity contribution is 5.99. The SMILES string of the molecule is C=C(C)C(=O)OCC(=O)NC(=O)C(C)(C)C. The molecule has 0 saturated heterocycles. The molecule has 0 bridgehead atoms. The maximum atomic E-state index is 11.4. The van der Waals surface area contributed by atoms with Crippen LogP contribution in [-0.4, -0.2) is 24.4 Å². The van der Waals surface area contributed by atoms with Crippen molar-refractivity contribution in [1.82, 2.24) is 5.32 Å². The fraction of sp³-hybridized carbons (Fsp3) is 0.545. The van der Waals surface area contributed by atoms with E-state index in [1.807, 2.05) is 0 Å². The largest absolute Gasteiger partial charge is 0.452 e. The van der Waals surface area contributed by atoms with E-state index >= 15 is 0 Å². The highest BCUT2D eigenvalue weighted by Gasteiger charge is 2.23. The van der Waals surface area contributed by atoms with Crippen molar-refractivity contribution in [3.63, 3.8) is 0 Å². The summed E-state index contributed by atoms with van der Waals surface area (Å²) in [4.78, 5) is 33.5. The maximum absolute atomic E-state index is 11.4. The Bertz CT molecular complexity index is 325. The molecule has 0 spiro atoms. The van der Waals surface area contributed by atoms with Crippen molar-refractivity contribution in [1.29, 1.82) is 0 Å². The zero-order chi connectivity index (χ0) is 12.9. The molecule has 0 radical (unpaired) electrons. The van der Waals surface area contributed by atoms with Crippen molar-refractivity contribution in [2.75, 3.05) is 6.61 Å². The Balaban J connectivity index is 4.07. The molecule has 1 N–H and O–H groups in total. The average molecular weight is 227 g/mol. The van der Waals surface area contributed by atoms with Crippen LogP contribution in [0.25, 0.3) is 0 Å². The fourth-order valence-electron chi connectivity index (χ4n) is 0.605. The summed E-state index contributed by atoms with van der Waals surface area (Å²) in [7, 11) is 0. The van der Waals surface area contributed by atoms with E-state index in [-0.39, 0.29) is 5.57 Å². The van der Waals surface area contributed by atoms with Crippen LogP contribution in [0.3, 0.4) is 0 Å². The van der Waals surface area contributed by atoms with Gasteiger partial charge in [-0.15, -0.1) is 0 Å². The molecule has 0 saturated carbocycles. The summed E-state index contributed by atoms with van der Waals surface area (Å²) in [6.07, 6.45) is 0. The number of nitrogens with one attached hydrogen (secondary N) is 1. The Morgan fingerprint density at radius 3 is 2.12 bits per heavy atom. The van der Waals surface area contributed by atoms with E-state index in [4.69, 9.17) is 0 Å². The van der Waals surface area contributed by atoms with Crippen LogP contribution >= 0.6 is 0 Å². The van der Waals surface area contributed by atoms with Gasteiger partial charge in [-0.1, -0.05) is 27.4 Å². The normalized spacial score (nSPS) is 10.5. The number of imide groups is 1. The minimum Gasteiger partial charge on any atom is -0.452 e. The number of ether oxygens (including phenoxy) is 1. The second-order valence-electron chi connectivity index (χ2n) is 4.48. The summed E-state index contributed by atoms with van der Waals surface area (Å²) in [6, 6.07) is 0. The van der Waals surface area contributed by atoms with Gasteiger partial charge in [0.25, 0.3) is 5.91 Å². The second kappa shape index (κ2) is 5.44. The van der Waals surface area contributed by atoms with Crippen molar-refractivity contribution < 1.29 is 19.1 Å². The van der Waals surface area contributed by atoms with Crippen LogP contribution in [0.5, 0.6) is 0 Å². The highest BCUT2D eigenvalue weighted by Crippen LogP contribution is 2.12. The van der Waals surface area contributed by atoms with Gasteiger partial charge in [-0.3, -0.25) is 14.9 Å². The molecule has 16 heavy (non-hydrogen) atoms. The van der Waals surface area contributed by atoms with Crippen molar-refractivity contribution in [2.45, 2.75) is 27.7 Å². The van der Waals surface area contributed by atoms with E-state index in [2.05, 4.69) is 16.6 Å². The van der Waals surface area contributed by atoms with Gasteiger partial charge >= 0.3 is 5.97 Å². The number of carbonyl (C=O) groups is 3. The first-order valence-electron chi connectivity index (χ1n) is 4.81. The molecule has 2 amide bonds. The monoisotopic (exact) mass is 227 g/mol. The van der Waals surface area contributed by atoms with E-state index < -0.39 is 29.8 Å². The third-order valence-corrected chi connectivity index (χ3v) is 1.62. The molecule has 5 heteroatoms. The van der Waals surface area contributed by atoms with Crippen LogP contribution in [0.1, 0.15) is 27.7 Å². The summed E-state index contributed by atoms with van der Waals surface area (Å²) >= 11 is 0. The number of esters is 1. The van der Waals surface area contributed by atoms with Gasteiger partial charge in [0, 0.05) is 11.0 Å². The standard InChI is InChI=1S/C11H17NO4/c1-7(2)9(14)16-6-8(13)12-10(15)11(3,4)5/h1,6H2,2-5H3,(H,12,13,15). The van der Waals surface area contributed by atoms with Crippen molar-refractivity contribution >= 4 is 17.8 Å². The molecule has 0 unspecified atom stereocenters. The van der Waals surface area contributed by atoms with Crippen LogP contribution < -0.4 is 5.32 Å². The lowest BCUT2D eigenvalue weighted by molar-refractivity contribution is -0.147. The van der Waals surface area contributed by atoms with Crippen molar-refractivity contribution in [3.8, 4) is 0 Å². The molecule has 5 nitrogen and oxygen atoms in total. The van der Waals surface area contributed by atoms with Gasteiger partial charge in [0.2, 0.25) is 5.91 Å². The quantitative estimate of drug-likeness (QED) is 0.571. The van der Waals surface area contributed by atoms with E-state index in [9.17, 15) is 14.4 Å². The summed E-state index contributed by atoms with van der Waals surface area (Å²) in [6.45, 7) is 9.38. The molecule has 0 aromatic carbocycles. The predicted molar refractivity (Wildman–Crippen MR) is 58.4 cm³/mol. The summed E-state index contributed by atoms with van der Waals surface area (Å²) in [5.41, 5.74) is -0.455. The third-order valence-electron chi connectivity index (χ3n) is 1.62.